The zero-order valence-electron chi connectivity index (χ0n) is 15.0. The number of aliphatic hydroxyl groups is 1. The first-order valence-electron chi connectivity index (χ1n) is 8.82. The summed E-state index contributed by atoms with van der Waals surface area (Å²) in [6.07, 6.45) is 1.26. The number of hydrogen-bond donors (Lipinski definition) is 1. The van der Waals surface area contributed by atoms with Gasteiger partial charge in [-0.2, -0.15) is 0 Å². The highest BCUT2D eigenvalue weighted by Crippen LogP contribution is 2.35. The maximum atomic E-state index is 12.6. The molecule has 0 atom stereocenters. The molecule has 1 fully saturated rings. The number of piperidine rings is 1. The van der Waals surface area contributed by atoms with Gasteiger partial charge in [-0.15, -0.1) is 0 Å². The van der Waals surface area contributed by atoms with Gasteiger partial charge in [0.15, 0.2) is 0 Å². The molecule has 0 radical (unpaired) electrons. The summed E-state index contributed by atoms with van der Waals surface area (Å²) in [7, 11) is -1.74. The Kier molecular flexibility index (Phi) is 5.65. The van der Waals surface area contributed by atoms with Crippen LogP contribution in [0.2, 0.25) is 0 Å². The highest BCUT2D eigenvalue weighted by molar-refractivity contribution is 7.89. The average Bonchev–Trinajstić information content (AvgIpc) is 2.68. The minimum absolute atomic E-state index is 0.0919. The van der Waals surface area contributed by atoms with Gasteiger partial charge in [0.2, 0.25) is 10.0 Å². The number of methoxy groups -OCH3 is 1. The van der Waals surface area contributed by atoms with Crippen LogP contribution in [0.5, 0.6) is 5.75 Å². The smallest absolute Gasteiger partial charge is 0.214 e. The molecule has 26 heavy (non-hydrogen) atoms. The largest absolute Gasteiger partial charge is 0.497 e. The van der Waals surface area contributed by atoms with Crippen LogP contribution >= 0.6 is 0 Å². The zero-order chi connectivity index (χ0) is 18.6. The Hall–Kier alpha value is -1.89. The van der Waals surface area contributed by atoms with Gasteiger partial charge < -0.3 is 9.84 Å². The molecule has 140 valence electrons. The lowest BCUT2D eigenvalue weighted by molar-refractivity contribution is -0.00975. The lowest BCUT2D eigenvalue weighted by Gasteiger charge is -2.38. The van der Waals surface area contributed by atoms with Crippen LogP contribution in [0.25, 0.3) is 0 Å². The van der Waals surface area contributed by atoms with Gasteiger partial charge in [0.05, 0.1) is 18.5 Å². The zero-order valence-corrected chi connectivity index (χ0v) is 15.8. The number of rotatable bonds is 6. The molecule has 1 saturated heterocycles. The maximum Gasteiger partial charge on any atom is 0.214 e. The number of benzene rings is 2. The number of hydrogen-bond acceptors (Lipinski definition) is 4. The molecule has 1 aliphatic rings. The average molecular weight is 375 g/mol. The SMILES string of the molecule is COc1cccc(C2(O)CCN(S(=O)(=O)CCc3ccccc3)CC2)c1. The van der Waals surface area contributed by atoms with Crippen LogP contribution in [0.15, 0.2) is 54.6 Å². The predicted octanol–water partition coefficient (Wildman–Crippen LogP) is 2.55. The third kappa shape index (κ3) is 4.26. The Labute approximate surface area is 155 Å². The van der Waals surface area contributed by atoms with Crippen molar-refractivity contribution in [3.8, 4) is 5.75 Å². The van der Waals surface area contributed by atoms with Gasteiger partial charge in [0.25, 0.3) is 0 Å². The Balaban J connectivity index is 1.63. The summed E-state index contributed by atoms with van der Waals surface area (Å²) in [4.78, 5) is 0. The fourth-order valence-electron chi connectivity index (χ4n) is 3.36. The first-order valence-corrected chi connectivity index (χ1v) is 10.4. The lowest BCUT2D eigenvalue weighted by Crippen LogP contribution is -2.46. The van der Waals surface area contributed by atoms with Crippen molar-refractivity contribution in [1.82, 2.24) is 4.31 Å². The van der Waals surface area contributed by atoms with E-state index in [0.717, 1.165) is 11.1 Å². The van der Waals surface area contributed by atoms with Crippen LogP contribution in [0, 0.1) is 0 Å². The lowest BCUT2D eigenvalue weighted by atomic mass is 9.85. The summed E-state index contributed by atoms with van der Waals surface area (Å²) in [5.74, 6) is 0.781. The Morgan fingerprint density at radius 3 is 2.42 bits per heavy atom. The first kappa shape index (κ1) is 18.9. The summed E-state index contributed by atoms with van der Waals surface area (Å²) in [6.45, 7) is 0.648. The van der Waals surface area contributed by atoms with Crippen LogP contribution in [0.1, 0.15) is 24.0 Å². The van der Waals surface area contributed by atoms with Crippen LogP contribution in [-0.2, 0) is 22.0 Å². The molecule has 2 aromatic rings. The second kappa shape index (κ2) is 7.78. The van der Waals surface area contributed by atoms with Crippen LogP contribution in [-0.4, -0.2) is 43.8 Å². The fourth-order valence-corrected chi connectivity index (χ4v) is 4.85. The van der Waals surface area contributed by atoms with E-state index in [9.17, 15) is 13.5 Å². The summed E-state index contributed by atoms with van der Waals surface area (Å²) < 4.78 is 32.0. The summed E-state index contributed by atoms with van der Waals surface area (Å²) >= 11 is 0. The predicted molar refractivity (Wildman–Crippen MR) is 102 cm³/mol. The molecular formula is C20H25NO4S. The molecule has 1 heterocycles. The molecule has 1 aliphatic heterocycles. The first-order chi connectivity index (χ1) is 12.4. The van der Waals surface area contributed by atoms with Crippen molar-refractivity contribution >= 4 is 10.0 Å². The van der Waals surface area contributed by atoms with Gasteiger partial charge in [-0.25, -0.2) is 12.7 Å². The monoisotopic (exact) mass is 375 g/mol. The summed E-state index contributed by atoms with van der Waals surface area (Å²) in [6, 6.07) is 17.0. The van der Waals surface area contributed by atoms with E-state index in [1.54, 1.807) is 7.11 Å². The molecule has 0 spiro atoms. The van der Waals surface area contributed by atoms with Crippen LogP contribution < -0.4 is 4.74 Å². The van der Waals surface area contributed by atoms with Crippen LogP contribution in [0.4, 0.5) is 0 Å². The Morgan fingerprint density at radius 2 is 1.77 bits per heavy atom. The molecule has 0 aliphatic carbocycles. The number of aryl methyl sites for hydroxylation is 1. The third-order valence-electron chi connectivity index (χ3n) is 5.04. The molecule has 0 amide bonds. The van der Waals surface area contributed by atoms with E-state index in [0.29, 0.717) is 38.1 Å². The van der Waals surface area contributed by atoms with E-state index in [1.165, 1.54) is 4.31 Å². The number of nitrogens with zero attached hydrogens (tertiary/aromatic N) is 1. The van der Waals surface area contributed by atoms with E-state index in [1.807, 2.05) is 54.6 Å². The fraction of sp³-hybridized carbons (Fsp3) is 0.400. The van der Waals surface area contributed by atoms with Crippen molar-refractivity contribution in [1.29, 1.82) is 0 Å². The molecule has 0 saturated carbocycles. The minimum atomic E-state index is -3.33. The minimum Gasteiger partial charge on any atom is -0.497 e. The van der Waals surface area contributed by atoms with E-state index in [4.69, 9.17) is 4.74 Å². The molecule has 6 heteroatoms. The molecule has 1 N–H and O–H groups in total. The molecular weight excluding hydrogens is 350 g/mol. The maximum absolute atomic E-state index is 12.6. The highest BCUT2D eigenvalue weighted by atomic mass is 32.2. The normalized spacial score (nSPS) is 17.8. The van der Waals surface area contributed by atoms with Gasteiger partial charge in [-0.05, 0) is 42.5 Å². The second-order valence-corrected chi connectivity index (χ2v) is 8.80. The number of sulfonamides is 1. The van der Waals surface area contributed by atoms with Crippen molar-refractivity contribution in [2.45, 2.75) is 24.9 Å². The topological polar surface area (TPSA) is 66.8 Å². The van der Waals surface area contributed by atoms with E-state index >= 15 is 0 Å². The third-order valence-corrected chi connectivity index (χ3v) is 6.91. The van der Waals surface area contributed by atoms with Crippen molar-refractivity contribution in [3.05, 3.63) is 65.7 Å². The van der Waals surface area contributed by atoms with E-state index < -0.39 is 15.6 Å². The van der Waals surface area contributed by atoms with Gasteiger partial charge in [-0.1, -0.05) is 42.5 Å². The molecule has 0 unspecified atom stereocenters. The van der Waals surface area contributed by atoms with Crippen molar-refractivity contribution < 1.29 is 18.3 Å². The molecule has 0 aromatic heterocycles. The van der Waals surface area contributed by atoms with Crippen LogP contribution in [0.3, 0.4) is 0 Å². The molecule has 0 bridgehead atoms. The van der Waals surface area contributed by atoms with Crippen molar-refractivity contribution in [2.75, 3.05) is 26.0 Å². The molecule has 2 aromatic carbocycles. The van der Waals surface area contributed by atoms with Gasteiger partial charge in [0.1, 0.15) is 5.75 Å². The Morgan fingerprint density at radius 1 is 1.08 bits per heavy atom. The second-order valence-electron chi connectivity index (χ2n) is 6.71. The van der Waals surface area contributed by atoms with Gasteiger partial charge in [0, 0.05) is 13.1 Å². The Bertz CT molecular complexity index is 828. The molecule has 3 rings (SSSR count). The quantitative estimate of drug-likeness (QED) is 0.843. The molecule has 5 nitrogen and oxygen atoms in total. The van der Waals surface area contributed by atoms with Gasteiger partial charge in [-0.3, -0.25) is 0 Å². The highest BCUT2D eigenvalue weighted by Gasteiger charge is 2.37. The van der Waals surface area contributed by atoms with Crippen molar-refractivity contribution in [3.63, 3.8) is 0 Å². The summed E-state index contributed by atoms with van der Waals surface area (Å²) in [5, 5.41) is 11.0. The summed E-state index contributed by atoms with van der Waals surface area (Å²) in [5.41, 5.74) is 0.777. The standard InChI is InChI=1S/C20H25NO4S/c1-25-19-9-5-8-18(16-19)20(22)11-13-21(14-12-20)26(23,24)15-10-17-6-3-2-4-7-17/h2-9,16,22H,10-15H2,1H3. The number of ether oxygens (including phenoxy) is 1. The van der Waals surface area contributed by atoms with E-state index in [-0.39, 0.29) is 5.75 Å². The van der Waals surface area contributed by atoms with Gasteiger partial charge >= 0.3 is 0 Å². The van der Waals surface area contributed by atoms with Crippen molar-refractivity contribution in [2.24, 2.45) is 0 Å². The van der Waals surface area contributed by atoms with E-state index in [2.05, 4.69) is 0 Å².